The number of rotatable bonds is 9. The maximum absolute atomic E-state index is 12.5. The molecule has 4 amide bonds. The lowest BCUT2D eigenvalue weighted by molar-refractivity contribution is -0.127. The van der Waals surface area contributed by atoms with Crippen molar-refractivity contribution in [3.05, 3.63) is 48.2 Å². The maximum Gasteiger partial charge on any atom is 0.324 e. The number of pyridine rings is 1. The summed E-state index contributed by atoms with van der Waals surface area (Å²) >= 11 is 0. The van der Waals surface area contributed by atoms with E-state index in [4.69, 9.17) is 9.47 Å². The van der Waals surface area contributed by atoms with E-state index < -0.39 is 12.1 Å². The fraction of sp³-hybridized carbons (Fsp3) is 0.333. The van der Waals surface area contributed by atoms with Crippen LogP contribution in [0, 0.1) is 0 Å². The Morgan fingerprint density at radius 1 is 1.13 bits per heavy atom. The van der Waals surface area contributed by atoms with Crippen LogP contribution in [0.25, 0.3) is 0 Å². The Hall–Kier alpha value is -3.62. The van der Waals surface area contributed by atoms with Gasteiger partial charge < -0.3 is 20.1 Å². The Bertz CT molecular complexity index is 899. The number of nitrogens with zero attached hydrogens (tertiary/aromatic N) is 2. The van der Waals surface area contributed by atoms with Gasteiger partial charge in [0.15, 0.2) is 0 Å². The predicted octanol–water partition coefficient (Wildman–Crippen LogP) is 1.98. The van der Waals surface area contributed by atoms with Gasteiger partial charge in [-0.15, -0.1) is 0 Å². The molecule has 2 aromatic rings. The fourth-order valence-corrected chi connectivity index (χ4v) is 3.09. The molecule has 1 saturated heterocycles. The van der Waals surface area contributed by atoms with Gasteiger partial charge in [-0.25, -0.2) is 9.78 Å². The topological polar surface area (TPSA) is 110 Å². The van der Waals surface area contributed by atoms with Gasteiger partial charge in [0.05, 0.1) is 26.1 Å². The third kappa shape index (κ3) is 5.25. The van der Waals surface area contributed by atoms with E-state index in [9.17, 15) is 14.4 Å². The van der Waals surface area contributed by atoms with E-state index in [1.54, 1.807) is 19.2 Å². The molecule has 0 saturated carbocycles. The minimum atomic E-state index is -0.701. The molecule has 0 radical (unpaired) electrons. The van der Waals surface area contributed by atoms with Gasteiger partial charge in [0.2, 0.25) is 11.8 Å². The lowest BCUT2D eigenvalue weighted by atomic mass is 10.1. The molecule has 0 aliphatic carbocycles. The van der Waals surface area contributed by atoms with Crippen molar-refractivity contribution in [1.82, 2.24) is 15.2 Å². The second-order valence-electron chi connectivity index (χ2n) is 6.77. The highest BCUT2D eigenvalue weighted by atomic mass is 16.5. The van der Waals surface area contributed by atoms with Crippen molar-refractivity contribution >= 4 is 23.5 Å². The number of hydrogen-bond donors (Lipinski definition) is 2. The lowest BCUT2D eigenvalue weighted by Crippen LogP contribution is -2.33. The summed E-state index contributed by atoms with van der Waals surface area (Å²) in [7, 11) is 3.10. The molecule has 3 rings (SSSR count). The molecule has 1 unspecified atom stereocenters. The first-order valence-electron chi connectivity index (χ1n) is 9.55. The van der Waals surface area contributed by atoms with Crippen molar-refractivity contribution in [2.75, 3.05) is 26.1 Å². The van der Waals surface area contributed by atoms with Crippen molar-refractivity contribution in [3.8, 4) is 11.6 Å². The van der Waals surface area contributed by atoms with E-state index in [0.717, 1.165) is 11.3 Å². The van der Waals surface area contributed by atoms with Gasteiger partial charge in [-0.05, 0) is 36.6 Å². The van der Waals surface area contributed by atoms with Crippen molar-refractivity contribution in [3.63, 3.8) is 0 Å². The van der Waals surface area contributed by atoms with Crippen LogP contribution in [0.2, 0.25) is 0 Å². The monoisotopic (exact) mass is 412 g/mol. The smallest absolute Gasteiger partial charge is 0.324 e. The molecule has 1 fully saturated rings. The highest BCUT2D eigenvalue weighted by molar-refractivity contribution is 6.04. The molecule has 1 aliphatic heterocycles. The Kier molecular flexibility index (Phi) is 6.84. The summed E-state index contributed by atoms with van der Waals surface area (Å²) in [4.78, 5) is 42.1. The zero-order valence-electron chi connectivity index (χ0n) is 16.9. The number of aromatic nitrogens is 1. The first-order chi connectivity index (χ1) is 14.5. The molecular formula is C21H24N4O5. The Morgan fingerprint density at radius 2 is 1.90 bits per heavy atom. The van der Waals surface area contributed by atoms with Crippen LogP contribution in [0.4, 0.5) is 10.5 Å². The molecule has 1 atom stereocenters. The van der Waals surface area contributed by atoms with Gasteiger partial charge >= 0.3 is 6.03 Å². The maximum atomic E-state index is 12.5. The number of methoxy groups -OCH3 is 2. The number of carbonyl (C=O) groups excluding carboxylic acids is 3. The van der Waals surface area contributed by atoms with Gasteiger partial charge in [0, 0.05) is 19.0 Å². The summed E-state index contributed by atoms with van der Waals surface area (Å²) in [6.07, 6.45) is 2.34. The Balaban J connectivity index is 1.46. The fourth-order valence-electron chi connectivity index (χ4n) is 3.09. The van der Waals surface area contributed by atoms with Crippen LogP contribution in [0.1, 0.15) is 18.4 Å². The average Bonchev–Trinajstić information content (AvgIpc) is 3.04. The molecule has 158 valence electrons. The summed E-state index contributed by atoms with van der Waals surface area (Å²) < 4.78 is 10.1. The quantitative estimate of drug-likeness (QED) is 0.610. The number of amides is 4. The van der Waals surface area contributed by atoms with E-state index >= 15 is 0 Å². The van der Waals surface area contributed by atoms with E-state index in [1.165, 1.54) is 18.2 Å². The number of imide groups is 1. The Labute approximate surface area is 174 Å². The summed E-state index contributed by atoms with van der Waals surface area (Å²) in [5, 5.41) is 5.36. The van der Waals surface area contributed by atoms with E-state index in [1.807, 2.05) is 24.3 Å². The summed E-state index contributed by atoms with van der Waals surface area (Å²) in [6.45, 7) is 0.275. The Morgan fingerprint density at radius 3 is 2.53 bits per heavy atom. The molecule has 1 aromatic carbocycles. The first kappa shape index (κ1) is 21.1. The van der Waals surface area contributed by atoms with Crippen LogP contribution >= 0.6 is 0 Å². The van der Waals surface area contributed by atoms with Crippen LogP contribution in [0.3, 0.4) is 0 Å². The van der Waals surface area contributed by atoms with Gasteiger partial charge in [0.25, 0.3) is 5.91 Å². The van der Waals surface area contributed by atoms with Crippen LogP contribution < -0.4 is 20.1 Å². The number of urea groups is 1. The molecule has 1 aromatic heterocycles. The van der Waals surface area contributed by atoms with Gasteiger partial charge in [0.1, 0.15) is 11.8 Å². The average molecular weight is 412 g/mol. The van der Waals surface area contributed by atoms with Crippen LogP contribution in [0.5, 0.6) is 11.6 Å². The van der Waals surface area contributed by atoms with Crippen LogP contribution in [-0.2, 0) is 16.0 Å². The van der Waals surface area contributed by atoms with Gasteiger partial charge in [-0.2, -0.15) is 0 Å². The normalized spacial score (nSPS) is 15.7. The van der Waals surface area contributed by atoms with Crippen molar-refractivity contribution in [2.45, 2.75) is 25.3 Å². The van der Waals surface area contributed by atoms with E-state index in [2.05, 4.69) is 15.6 Å². The second kappa shape index (κ2) is 9.73. The largest absolute Gasteiger partial charge is 0.497 e. The lowest BCUT2D eigenvalue weighted by Gasteiger charge is -2.13. The highest BCUT2D eigenvalue weighted by Gasteiger charge is 2.37. The van der Waals surface area contributed by atoms with Crippen molar-refractivity contribution < 1.29 is 23.9 Å². The number of nitrogens with one attached hydrogen (secondary N) is 2. The third-order valence-electron chi connectivity index (χ3n) is 4.78. The summed E-state index contributed by atoms with van der Waals surface area (Å²) in [5.41, 5.74) is 1.52. The molecule has 1 aliphatic rings. The van der Waals surface area contributed by atoms with Gasteiger partial charge in [-0.1, -0.05) is 12.1 Å². The summed E-state index contributed by atoms with van der Waals surface area (Å²) in [6, 6.07) is 9.64. The molecule has 2 heterocycles. The number of carbonyl (C=O) groups is 3. The zero-order chi connectivity index (χ0) is 21.5. The van der Waals surface area contributed by atoms with Crippen molar-refractivity contribution in [2.24, 2.45) is 0 Å². The zero-order valence-corrected chi connectivity index (χ0v) is 16.9. The SMILES string of the molecule is COc1ccc(CCN2C(=O)NC(CCC(=O)Nc3ccc(OC)nc3)C2=O)cc1. The molecule has 9 heteroatoms. The van der Waals surface area contributed by atoms with E-state index in [-0.39, 0.29) is 31.2 Å². The minimum absolute atomic E-state index is 0.0923. The molecule has 0 spiro atoms. The predicted molar refractivity (Wildman–Crippen MR) is 109 cm³/mol. The highest BCUT2D eigenvalue weighted by Crippen LogP contribution is 2.16. The molecule has 2 N–H and O–H groups in total. The van der Waals surface area contributed by atoms with Crippen LogP contribution in [-0.4, -0.2) is 54.5 Å². The van der Waals surface area contributed by atoms with Crippen molar-refractivity contribution in [1.29, 1.82) is 0 Å². The first-order valence-corrected chi connectivity index (χ1v) is 9.55. The molecule has 0 bridgehead atoms. The molecule has 30 heavy (non-hydrogen) atoms. The third-order valence-corrected chi connectivity index (χ3v) is 4.78. The number of benzene rings is 1. The molecular weight excluding hydrogens is 388 g/mol. The standard InChI is InChI=1S/C21H24N4O5/c1-29-16-6-3-14(4-7-16)11-12-25-20(27)17(24-21(25)28)8-9-18(26)23-15-5-10-19(30-2)22-13-15/h3-7,10,13,17H,8-9,11-12H2,1-2H3,(H,23,26)(H,24,28). The summed E-state index contributed by atoms with van der Waals surface area (Å²) in [5.74, 6) is 0.618. The number of anilines is 1. The number of hydrogen-bond acceptors (Lipinski definition) is 6. The minimum Gasteiger partial charge on any atom is -0.497 e. The van der Waals surface area contributed by atoms with Gasteiger partial charge in [-0.3, -0.25) is 14.5 Å². The number of ether oxygens (including phenoxy) is 2. The molecule has 9 nitrogen and oxygen atoms in total. The second-order valence-corrected chi connectivity index (χ2v) is 6.77. The van der Waals surface area contributed by atoms with Crippen LogP contribution in [0.15, 0.2) is 42.6 Å². The van der Waals surface area contributed by atoms with E-state index in [0.29, 0.717) is 18.0 Å².